The predicted molar refractivity (Wildman–Crippen MR) is 133 cm³/mol. The van der Waals surface area contributed by atoms with Crippen LogP contribution in [0.4, 0.5) is 10.1 Å². The van der Waals surface area contributed by atoms with Crippen molar-refractivity contribution >= 4 is 11.3 Å². The first-order valence-corrected chi connectivity index (χ1v) is 12.7. The molecule has 1 unspecified atom stereocenters. The first-order valence-electron chi connectivity index (χ1n) is 12.7. The maximum absolute atomic E-state index is 15.8. The van der Waals surface area contributed by atoms with Gasteiger partial charge in [0.05, 0.1) is 17.2 Å². The zero-order valence-electron chi connectivity index (χ0n) is 20.1. The Balaban J connectivity index is 1.48. The van der Waals surface area contributed by atoms with E-state index in [1.165, 1.54) is 18.4 Å². The van der Waals surface area contributed by atoms with Crippen molar-refractivity contribution in [2.75, 3.05) is 11.9 Å². The largest absolute Gasteiger partial charge is 0.363 e. The van der Waals surface area contributed by atoms with Gasteiger partial charge in [0.2, 0.25) is 0 Å². The highest BCUT2D eigenvalue weighted by molar-refractivity contribution is 5.78. The van der Waals surface area contributed by atoms with Crippen molar-refractivity contribution in [3.63, 3.8) is 0 Å². The maximum Gasteiger partial charge on any atom is 0.154 e. The molecule has 3 nitrogen and oxygen atoms in total. The molecule has 1 spiro atoms. The number of nitrogens with zero attached hydrogens (tertiary/aromatic N) is 2. The van der Waals surface area contributed by atoms with Crippen LogP contribution in [0.2, 0.25) is 0 Å². The van der Waals surface area contributed by atoms with E-state index < -0.39 is 5.41 Å². The quantitative estimate of drug-likeness (QED) is 0.475. The van der Waals surface area contributed by atoms with Crippen LogP contribution in [-0.2, 0) is 0 Å². The Hall–Kier alpha value is -2.54. The lowest BCUT2D eigenvalue weighted by Gasteiger charge is -2.44. The van der Waals surface area contributed by atoms with Gasteiger partial charge in [-0.15, -0.1) is 0 Å². The molecule has 1 aliphatic heterocycles. The van der Waals surface area contributed by atoms with Gasteiger partial charge in [-0.2, -0.15) is 5.26 Å². The van der Waals surface area contributed by atoms with Crippen LogP contribution < -0.4 is 5.32 Å². The molecule has 33 heavy (non-hydrogen) atoms. The standard InChI is InChI=1S/C29H36FN3/c1-4-8-24-27(33(19-29(24)15-16-29)21(3)28(18-31)13-7-14-28)32-25-12-6-11-23(26(25)30)22-10-5-9-20(2)17-22/h6,10-12,17,24,27,32H,3-5,7-9,13-16,19H2,1-2H3/t24-,27?/m1/s1. The fraction of sp³-hybridized carbons (Fsp3) is 0.552. The number of allylic oxidation sites excluding steroid dienone is 5. The predicted octanol–water partition coefficient (Wildman–Crippen LogP) is 7.41. The van der Waals surface area contributed by atoms with Gasteiger partial charge in [-0.3, -0.25) is 0 Å². The van der Waals surface area contributed by atoms with Crippen molar-refractivity contribution in [1.82, 2.24) is 4.90 Å². The van der Waals surface area contributed by atoms with E-state index in [2.05, 4.69) is 48.9 Å². The number of hydrogen-bond acceptors (Lipinski definition) is 3. The number of likely N-dealkylation sites (tertiary alicyclic amines) is 1. The van der Waals surface area contributed by atoms with Crippen LogP contribution in [0.15, 0.2) is 48.2 Å². The highest BCUT2D eigenvalue weighted by Gasteiger charge is 2.60. The highest BCUT2D eigenvalue weighted by Crippen LogP contribution is 2.62. The van der Waals surface area contributed by atoms with Gasteiger partial charge < -0.3 is 10.2 Å². The number of benzene rings is 1. The zero-order chi connectivity index (χ0) is 23.2. The third-order valence-electron chi connectivity index (χ3n) is 8.72. The van der Waals surface area contributed by atoms with E-state index in [-0.39, 0.29) is 17.4 Å². The number of hydrogen-bond donors (Lipinski definition) is 1. The topological polar surface area (TPSA) is 39.1 Å². The van der Waals surface area contributed by atoms with Crippen molar-refractivity contribution in [3.05, 3.63) is 59.6 Å². The van der Waals surface area contributed by atoms with Crippen LogP contribution in [0, 0.1) is 33.9 Å². The average Bonchev–Trinajstić information content (AvgIpc) is 3.49. The van der Waals surface area contributed by atoms with Gasteiger partial charge in [-0.25, -0.2) is 4.39 Å². The van der Waals surface area contributed by atoms with E-state index in [9.17, 15) is 5.26 Å². The minimum absolute atomic E-state index is 0.0202. The molecule has 174 valence electrons. The van der Waals surface area contributed by atoms with Crippen LogP contribution in [0.25, 0.3) is 5.57 Å². The Kier molecular flexibility index (Phi) is 5.63. The molecule has 1 saturated heterocycles. The lowest BCUT2D eigenvalue weighted by molar-refractivity contribution is 0.175. The summed E-state index contributed by atoms with van der Waals surface area (Å²) in [5.41, 5.74) is 4.31. The van der Waals surface area contributed by atoms with Crippen LogP contribution >= 0.6 is 0 Å². The van der Waals surface area contributed by atoms with Gasteiger partial charge in [0, 0.05) is 23.7 Å². The summed E-state index contributed by atoms with van der Waals surface area (Å²) in [6.07, 6.45) is 13.8. The molecule has 0 amide bonds. The Morgan fingerprint density at radius 2 is 2.09 bits per heavy atom. The average molecular weight is 446 g/mol. The van der Waals surface area contributed by atoms with Gasteiger partial charge >= 0.3 is 0 Å². The van der Waals surface area contributed by atoms with Gasteiger partial charge in [0.15, 0.2) is 5.82 Å². The molecule has 1 heterocycles. The summed E-state index contributed by atoms with van der Waals surface area (Å²) in [5, 5.41) is 13.6. The smallest absolute Gasteiger partial charge is 0.154 e. The van der Waals surface area contributed by atoms with Gasteiger partial charge in [-0.05, 0) is 75.3 Å². The highest BCUT2D eigenvalue weighted by atomic mass is 19.1. The monoisotopic (exact) mass is 445 g/mol. The Labute approximate surface area is 198 Å². The number of nitriles is 1. The molecule has 1 N–H and O–H groups in total. The molecule has 3 fully saturated rings. The molecule has 4 heteroatoms. The maximum atomic E-state index is 15.8. The Bertz CT molecular complexity index is 1050. The lowest BCUT2D eigenvalue weighted by atomic mass is 9.67. The van der Waals surface area contributed by atoms with Crippen LogP contribution in [0.1, 0.15) is 77.2 Å². The molecule has 4 aliphatic rings. The summed E-state index contributed by atoms with van der Waals surface area (Å²) in [6, 6.07) is 8.29. The summed E-state index contributed by atoms with van der Waals surface area (Å²) in [4.78, 5) is 2.35. The first-order chi connectivity index (χ1) is 15.9. The summed E-state index contributed by atoms with van der Waals surface area (Å²) < 4.78 is 15.8. The van der Waals surface area contributed by atoms with Crippen LogP contribution in [-0.4, -0.2) is 17.6 Å². The van der Waals surface area contributed by atoms with Gasteiger partial charge in [-0.1, -0.05) is 49.8 Å². The Morgan fingerprint density at radius 1 is 1.30 bits per heavy atom. The molecule has 2 saturated carbocycles. The van der Waals surface area contributed by atoms with E-state index in [0.29, 0.717) is 17.2 Å². The van der Waals surface area contributed by atoms with E-state index in [0.717, 1.165) is 62.8 Å². The molecule has 1 aromatic carbocycles. The summed E-state index contributed by atoms with van der Waals surface area (Å²) in [7, 11) is 0. The second-order valence-corrected chi connectivity index (χ2v) is 10.8. The molecule has 2 atom stereocenters. The SMILES string of the molecule is C=C(N1CC2(CC2)[C@H](CCC)C1Nc1cccc(C2=CCCC(C)=C2)c1F)C1(C#N)CCC1. The van der Waals surface area contributed by atoms with Gasteiger partial charge in [0.25, 0.3) is 0 Å². The van der Waals surface area contributed by atoms with Crippen LogP contribution in [0.5, 0.6) is 0 Å². The fourth-order valence-electron chi connectivity index (χ4n) is 6.35. The van der Waals surface area contributed by atoms with E-state index in [4.69, 9.17) is 0 Å². The summed E-state index contributed by atoms with van der Waals surface area (Å²) in [5.74, 6) is 0.264. The van der Waals surface area contributed by atoms with Crippen molar-refractivity contribution in [2.24, 2.45) is 16.7 Å². The molecule has 0 aromatic heterocycles. The van der Waals surface area contributed by atoms with Crippen LogP contribution in [0.3, 0.4) is 0 Å². The number of halogens is 1. The second kappa shape index (κ2) is 8.35. The van der Waals surface area contributed by atoms with E-state index in [1.807, 2.05) is 18.2 Å². The second-order valence-electron chi connectivity index (χ2n) is 10.8. The number of nitrogens with one attached hydrogen (secondary N) is 1. The van der Waals surface area contributed by atoms with Crippen molar-refractivity contribution in [1.29, 1.82) is 5.26 Å². The van der Waals surface area contributed by atoms with E-state index in [1.54, 1.807) is 0 Å². The summed E-state index contributed by atoms with van der Waals surface area (Å²) in [6.45, 7) is 9.74. The minimum atomic E-state index is -0.438. The normalized spacial score (nSPS) is 26.8. The molecule has 5 rings (SSSR count). The van der Waals surface area contributed by atoms with Crippen molar-refractivity contribution in [2.45, 2.75) is 77.8 Å². The molecule has 0 radical (unpaired) electrons. The zero-order valence-corrected chi connectivity index (χ0v) is 20.1. The lowest BCUT2D eigenvalue weighted by Crippen LogP contribution is -2.45. The number of rotatable bonds is 7. The van der Waals surface area contributed by atoms with Gasteiger partial charge in [0.1, 0.15) is 6.17 Å². The fourth-order valence-corrected chi connectivity index (χ4v) is 6.35. The summed E-state index contributed by atoms with van der Waals surface area (Å²) >= 11 is 0. The molecular formula is C29H36FN3. The van der Waals surface area contributed by atoms with Crippen molar-refractivity contribution < 1.29 is 4.39 Å². The molecule has 3 aliphatic carbocycles. The third kappa shape index (κ3) is 3.70. The third-order valence-corrected chi connectivity index (χ3v) is 8.72. The van der Waals surface area contributed by atoms with E-state index >= 15 is 4.39 Å². The first kappa shape index (κ1) is 22.3. The Morgan fingerprint density at radius 3 is 2.70 bits per heavy atom. The number of anilines is 1. The van der Waals surface area contributed by atoms with Crippen molar-refractivity contribution in [3.8, 4) is 6.07 Å². The molecule has 1 aromatic rings. The molecule has 0 bridgehead atoms. The minimum Gasteiger partial charge on any atom is -0.363 e. The molecular weight excluding hydrogens is 409 g/mol.